The summed E-state index contributed by atoms with van der Waals surface area (Å²) >= 11 is 5.98. The van der Waals surface area contributed by atoms with Crippen molar-refractivity contribution < 1.29 is 35.5 Å². The van der Waals surface area contributed by atoms with Crippen molar-refractivity contribution in [3.63, 3.8) is 0 Å². The maximum Gasteiger partial charge on any atom is 0.419 e. The maximum atomic E-state index is 13.3. The Morgan fingerprint density at radius 3 is 2.27 bits per heavy atom. The molecule has 1 N–H and O–H groups in total. The third kappa shape index (κ3) is 3.65. The Morgan fingerprint density at radius 1 is 1.04 bits per heavy atom. The lowest BCUT2D eigenvalue weighted by Crippen LogP contribution is -2.18. The molecule has 0 fully saturated rings. The molecule has 2 aromatic rings. The van der Waals surface area contributed by atoms with E-state index in [1.54, 1.807) is 0 Å². The van der Waals surface area contributed by atoms with Crippen LogP contribution in [0.4, 0.5) is 23.2 Å². The summed E-state index contributed by atoms with van der Waals surface area (Å²) in [7, 11) is -4.46. The molecular weight excluding hydrogens is 402 g/mol. The summed E-state index contributed by atoms with van der Waals surface area (Å²) < 4.78 is 89.1. The first-order valence-electron chi connectivity index (χ1n) is 7.06. The predicted octanol–water partition coefficient (Wildman–Crippen LogP) is 4.07. The van der Waals surface area contributed by atoms with Crippen molar-refractivity contribution in [2.75, 3.05) is 17.9 Å². The number of alkyl halides is 3. The molecule has 0 unspecified atom stereocenters. The van der Waals surface area contributed by atoms with Gasteiger partial charge in [-0.1, -0.05) is 11.6 Å². The molecule has 0 bridgehead atoms. The number of halogens is 5. The van der Waals surface area contributed by atoms with Gasteiger partial charge in [0.2, 0.25) is 0 Å². The van der Waals surface area contributed by atoms with Gasteiger partial charge in [-0.2, -0.15) is 13.2 Å². The summed E-state index contributed by atoms with van der Waals surface area (Å²) in [6.07, 6.45) is -5.04. The Morgan fingerprint density at radius 2 is 1.65 bits per heavy atom. The first kappa shape index (κ1) is 18.6. The van der Waals surface area contributed by atoms with Gasteiger partial charge in [0, 0.05) is 12.1 Å². The van der Waals surface area contributed by atoms with Crippen molar-refractivity contribution in [3.05, 3.63) is 46.7 Å². The van der Waals surface area contributed by atoms with Crippen molar-refractivity contribution in [1.29, 1.82) is 0 Å². The van der Waals surface area contributed by atoms with E-state index in [0.717, 1.165) is 6.07 Å². The molecule has 0 aliphatic carbocycles. The summed E-state index contributed by atoms with van der Waals surface area (Å²) in [6.45, 7) is 0.540. The fourth-order valence-corrected chi connectivity index (χ4v) is 3.59. The molecule has 11 heteroatoms. The normalized spacial score (nSPS) is 14.2. The minimum atomic E-state index is -5.04. The first-order chi connectivity index (χ1) is 12.1. The Labute approximate surface area is 150 Å². The fourth-order valence-electron chi connectivity index (χ4n) is 2.23. The number of hydrogen-bond acceptors (Lipinski definition) is 4. The molecule has 140 valence electrons. The molecule has 0 saturated carbocycles. The van der Waals surface area contributed by atoms with E-state index in [4.69, 9.17) is 21.1 Å². The quantitative estimate of drug-likeness (QED) is 0.773. The molecular formula is C15H10ClF4NO4S. The van der Waals surface area contributed by atoms with Crippen molar-refractivity contribution in [3.8, 4) is 11.5 Å². The van der Waals surface area contributed by atoms with E-state index in [1.165, 1.54) is 12.1 Å². The molecule has 2 aromatic carbocycles. The van der Waals surface area contributed by atoms with Crippen LogP contribution in [0.25, 0.3) is 0 Å². The molecule has 1 heterocycles. The Hall–Kier alpha value is -2.20. The maximum absolute atomic E-state index is 13.3. The standard InChI is InChI=1S/C15H10ClF4NO4S/c16-10-6-13-14(25-4-3-24-13)7-12(10)21-26(22,23)8-1-2-11(17)9(5-8)15(18,19)20/h1-2,5-7,21H,3-4H2. The molecule has 0 atom stereocenters. The number of nitrogens with one attached hydrogen (secondary N) is 1. The largest absolute Gasteiger partial charge is 0.486 e. The van der Waals surface area contributed by atoms with Crippen molar-refractivity contribution >= 4 is 27.3 Å². The molecule has 0 radical (unpaired) electrons. The third-order valence-corrected chi connectivity index (χ3v) is 5.11. The van der Waals surface area contributed by atoms with Gasteiger partial charge in [-0.3, -0.25) is 4.72 Å². The van der Waals surface area contributed by atoms with E-state index in [-0.39, 0.29) is 29.1 Å². The van der Waals surface area contributed by atoms with E-state index in [9.17, 15) is 26.0 Å². The minimum Gasteiger partial charge on any atom is -0.486 e. The summed E-state index contributed by atoms with van der Waals surface area (Å²) in [6, 6.07) is 3.94. The number of benzene rings is 2. The highest BCUT2D eigenvalue weighted by Crippen LogP contribution is 2.39. The zero-order valence-corrected chi connectivity index (χ0v) is 14.3. The van der Waals surface area contributed by atoms with Gasteiger partial charge in [-0.05, 0) is 18.2 Å². The van der Waals surface area contributed by atoms with Crippen LogP contribution in [0, 0.1) is 5.82 Å². The average molecular weight is 412 g/mol. The summed E-state index contributed by atoms with van der Waals surface area (Å²) in [5.41, 5.74) is -1.80. The second kappa shape index (κ2) is 6.51. The SMILES string of the molecule is O=S(=O)(Nc1cc2c(cc1Cl)OCCO2)c1ccc(F)c(C(F)(F)F)c1. The number of anilines is 1. The Balaban J connectivity index is 1.98. The van der Waals surface area contributed by atoms with E-state index >= 15 is 0 Å². The van der Waals surface area contributed by atoms with Gasteiger partial charge >= 0.3 is 6.18 Å². The van der Waals surface area contributed by atoms with Gasteiger partial charge in [0.05, 0.1) is 21.2 Å². The Bertz CT molecular complexity index is 963. The summed E-state index contributed by atoms with van der Waals surface area (Å²) in [5.74, 6) is -1.03. The van der Waals surface area contributed by atoms with Crippen LogP contribution in [0.3, 0.4) is 0 Å². The molecule has 0 aromatic heterocycles. The van der Waals surface area contributed by atoms with Crippen molar-refractivity contribution in [2.24, 2.45) is 0 Å². The highest BCUT2D eigenvalue weighted by molar-refractivity contribution is 7.92. The average Bonchev–Trinajstić information content (AvgIpc) is 2.54. The number of fused-ring (bicyclic) bond motifs is 1. The second-order valence-corrected chi connectivity index (χ2v) is 7.31. The molecule has 0 spiro atoms. The Kier molecular flexibility index (Phi) is 4.65. The molecule has 0 amide bonds. The number of ether oxygens (including phenoxy) is 2. The zero-order valence-electron chi connectivity index (χ0n) is 12.7. The van der Waals surface area contributed by atoms with Gasteiger partial charge in [0.15, 0.2) is 11.5 Å². The van der Waals surface area contributed by atoms with Gasteiger partial charge in [0.1, 0.15) is 19.0 Å². The third-order valence-electron chi connectivity index (χ3n) is 3.43. The van der Waals surface area contributed by atoms with E-state index in [0.29, 0.717) is 18.4 Å². The molecule has 1 aliphatic rings. The topological polar surface area (TPSA) is 64.6 Å². The fraction of sp³-hybridized carbons (Fsp3) is 0.200. The number of rotatable bonds is 3. The van der Waals surface area contributed by atoms with Crippen LogP contribution < -0.4 is 14.2 Å². The van der Waals surface area contributed by atoms with Crippen LogP contribution in [-0.4, -0.2) is 21.6 Å². The minimum absolute atomic E-state index is 0.0454. The molecule has 1 aliphatic heterocycles. The lowest BCUT2D eigenvalue weighted by molar-refractivity contribution is -0.140. The number of hydrogen-bond donors (Lipinski definition) is 1. The van der Waals surface area contributed by atoms with Crippen LogP contribution in [-0.2, 0) is 16.2 Å². The van der Waals surface area contributed by atoms with Crippen LogP contribution in [0.5, 0.6) is 11.5 Å². The van der Waals surface area contributed by atoms with Gasteiger partial charge in [-0.15, -0.1) is 0 Å². The zero-order chi connectivity index (χ0) is 19.1. The highest BCUT2D eigenvalue weighted by atomic mass is 35.5. The molecule has 26 heavy (non-hydrogen) atoms. The predicted molar refractivity (Wildman–Crippen MR) is 84.7 cm³/mol. The smallest absolute Gasteiger partial charge is 0.419 e. The van der Waals surface area contributed by atoms with Crippen LogP contribution >= 0.6 is 11.6 Å². The van der Waals surface area contributed by atoms with Crippen LogP contribution in [0.15, 0.2) is 35.2 Å². The monoisotopic (exact) mass is 411 g/mol. The molecule has 3 rings (SSSR count). The summed E-state index contributed by atoms with van der Waals surface area (Å²) in [4.78, 5) is -0.766. The molecule has 5 nitrogen and oxygen atoms in total. The lowest BCUT2D eigenvalue weighted by atomic mass is 10.2. The lowest BCUT2D eigenvalue weighted by Gasteiger charge is -2.20. The van der Waals surface area contributed by atoms with E-state index in [2.05, 4.69) is 4.72 Å². The van der Waals surface area contributed by atoms with Crippen molar-refractivity contribution in [1.82, 2.24) is 0 Å². The van der Waals surface area contributed by atoms with Gasteiger partial charge in [-0.25, -0.2) is 12.8 Å². The summed E-state index contributed by atoms with van der Waals surface area (Å²) in [5, 5.41) is -0.0454. The number of sulfonamides is 1. The van der Waals surface area contributed by atoms with Crippen LogP contribution in [0.1, 0.15) is 5.56 Å². The molecule has 0 saturated heterocycles. The van der Waals surface area contributed by atoms with E-state index in [1.807, 2.05) is 0 Å². The first-order valence-corrected chi connectivity index (χ1v) is 8.93. The van der Waals surface area contributed by atoms with Gasteiger partial charge in [0.25, 0.3) is 10.0 Å². The van der Waals surface area contributed by atoms with E-state index < -0.39 is 32.5 Å². The van der Waals surface area contributed by atoms with Gasteiger partial charge < -0.3 is 9.47 Å². The van der Waals surface area contributed by atoms with Crippen LogP contribution in [0.2, 0.25) is 5.02 Å². The highest BCUT2D eigenvalue weighted by Gasteiger charge is 2.35. The second-order valence-electron chi connectivity index (χ2n) is 5.22. The van der Waals surface area contributed by atoms with Crippen molar-refractivity contribution in [2.45, 2.75) is 11.1 Å².